The number of rotatable bonds is 4. The fourth-order valence-corrected chi connectivity index (χ4v) is 2.39. The van der Waals surface area contributed by atoms with E-state index in [-0.39, 0.29) is 10.9 Å². The first kappa shape index (κ1) is 12.2. The number of nitrogens with two attached hydrogens (primary N) is 1. The average Bonchev–Trinajstić information content (AvgIpc) is 2.50. The average molecular weight is 231 g/mol. The molecule has 0 saturated carbocycles. The Kier molecular flexibility index (Phi) is 3.51. The van der Waals surface area contributed by atoms with Crippen molar-refractivity contribution in [1.82, 2.24) is 9.78 Å². The highest BCUT2D eigenvalue weighted by atomic mass is 32.2. The topological polar surface area (TPSA) is 78.0 Å². The standard InChI is InChI=1S/C9H17N3O2S/c1-4-8(5-2)12-7(3)9(6-11-12)15(10,13)14/h6,8H,4-5H2,1-3H3,(H2,10,13,14). The third kappa shape index (κ3) is 2.38. The zero-order valence-electron chi connectivity index (χ0n) is 9.27. The summed E-state index contributed by atoms with van der Waals surface area (Å²) in [5, 5.41) is 9.15. The monoisotopic (exact) mass is 231 g/mol. The normalized spacial score (nSPS) is 12.3. The van der Waals surface area contributed by atoms with Gasteiger partial charge in [-0.05, 0) is 19.8 Å². The molecule has 0 amide bonds. The van der Waals surface area contributed by atoms with E-state index in [0.717, 1.165) is 12.8 Å². The highest BCUT2D eigenvalue weighted by Gasteiger charge is 2.19. The Morgan fingerprint density at radius 1 is 1.47 bits per heavy atom. The maximum absolute atomic E-state index is 11.2. The number of hydrogen-bond acceptors (Lipinski definition) is 3. The molecule has 1 aromatic rings. The first-order valence-corrected chi connectivity index (χ1v) is 6.53. The van der Waals surface area contributed by atoms with Crippen molar-refractivity contribution in [2.45, 2.75) is 44.6 Å². The van der Waals surface area contributed by atoms with Crippen LogP contribution in [0.5, 0.6) is 0 Å². The van der Waals surface area contributed by atoms with Gasteiger partial charge in [0.25, 0.3) is 0 Å². The molecule has 2 N–H and O–H groups in total. The van der Waals surface area contributed by atoms with Gasteiger partial charge < -0.3 is 0 Å². The molecule has 15 heavy (non-hydrogen) atoms. The smallest absolute Gasteiger partial charge is 0.241 e. The van der Waals surface area contributed by atoms with Crippen LogP contribution < -0.4 is 5.14 Å². The Morgan fingerprint density at radius 3 is 2.33 bits per heavy atom. The third-order valence-corrected chi connectivity index (χ3v) is 3.61. The maximum atomic E-state index is 11.2. The molecule has 6 heteroatoms. The summed E-state index contributed by atoms with van der Waals surface area (Å²) in [6.45, 7) is 5.82. The summed E-state index contributed by atoms with van der Waals surface area (Å²) in [6, 6.07) is 0.237. The highest BCUT2D eigenvalue weighted by Crippen LogP contribution is 2.20. The minimum absolute atomic E-state index is 0.120. The molecular formula is C9H17N3O2S. The lowest BCUT2D eigenvalue weighted by atomic mass is 10.2. The summed E-state index contributed by atoms with van der Waals surface area (Å²) in [7, 11) is -3.65. The molecule has 0 aliphatic rings. The molecule has 0 fully saturated rings. The second-order valence-electron chi connectivity index (χ2n) is 3.55. The number of sulfonamides is 1. The van der Waals surface area contributed by atoms with Crippen LogP contribution in [0.4, 0.5) is 0 Å². The van der Waals surface area contributed by atoms with E-state index < -0.39 is 10.0 Å². The molecule has 0 aliphatic carbocycles. The number of aromatic nitrogens is 2. The largest absolute Gasteiger partial charge is 0.265 e. The van der Waals surface area contributed by atoms with Gasteiger partial charge in [-0.3, -0.25) is 4.68 Å². The highest BCUT2D eigenvalue weighted by molar-refractivity contribution is 7.89. The number of hydrogen-bond donors (Lipinski definition) is 1. The Hall–Kier alpha value is -0.880. The van der Waals surface area contributed by atoms with E-state index >= 15 is 0 Å². The molecule has 5 nitrogen and oxygen atoms in total. The van der Waals surface area contributed by atoms with E-state index in [2.05, 4.69) is 5.10 Å². The predicted octanol–water partition coefficient (Wildman–Crippen LogP) is 1.20. The summed E-state index contributed by atoms with van der Waals surface area (Å²) in [6.07, 6.45) is 3.16. The zero-order chi connectivity index (χ0) is 11.6. The van der Waals surface area contributed by atoms with Crippen molar-refractivity contribution in [3.8, 4) is 0 Å². The predicted molar refractivity (Wildman–Crippen MR) is 58.0 cm³/mol. The molecule has 0 unspecified atom stereocenters. The van der Waals surface area contributed by atoms with Gasteiger partial charge in [-0.25, -0.2) is 13.6 Å². The van der Waals surface area contributed by atoms with Crippen LogP contribution in [0.3, 0.4) is 0 Å². The van der Waals surface area contributed by atoms with Crippen LogP contribution in [0.25, 0.3) is 0 Å². The van der Waals surface area contributed by atoms with Crippen LogP contribution in [0, 0.1) is 6.92 Å². The van der Waals surface area contributed by atoms with E-state index in [1.165, 1.54) is 6.20 Å². The van der Waals surface area contributed by atoms with Crippen LogP contribution in [0.15, 0.2) is 11.1 Å². The molecule has 1 heterocycles. The van der Waals surface area contributed by atoms with Crippen molar-refractivity contribution < 1.29 is 8.42 Å². The maximum Gasteiger partial charge on any atom is 0.241 e. The summed E-state index contributed by atoms with van der Waals surface area (Å²) in [4.78, 5) is 0.120. The quantitative estimate of drug-likeness (QED) is 0.845. The molecule has 0 saturated heterocycles. The molecule has 0 atom stereocenters. The van der Waals surface area contributed by atoms with E-state index in [0.29, 0.717) is 5.69 Å². The van der Waals surface area contributed by atoms with Gasteiger partial charge in [0.15, 0.2) is 0 Å². The van der Waals surface area contributed by atoms with Gasteiger partial charge in [0.1, 0.15) is 4.90 Å². The second kappa shape index (κ2) is 4.32. The summed E-state index contributed by atoms with van der Waals surface area (Å²) in [5.74, 6) is 0. The van der Waals surface area contributed by atoms with Gasteiger partial charge in [-0.15, -0.1) is 0 Å². The van der Waals surface area contributed by atoms with Gasteiger partial charge in [-0.1, -0.05) is 13.8 Å². The molecule has 0 bridgehead atoms. The van der Waals surface area contributed by atoms with Crippen molar-refractivity contribution in [2.75, 3.05) is 0 Å². The van der Waals surface area contributed by atoms with E-state index in [4.69, 9.17) is 5.14 Å². The van der Waals surface area contributed by atoms with E-state index in [1.54, 1.807) is 11.6 Å². The lowest BCUT2D eigenvalue weighted by Gasteiger charge is -2.15. The minimum atomic E-state index is -3.65. The fraction of sp³-hybridized carbons (Fsp3) is 0.667. The molecule has 0 aromatic carbocycles. The van der Waals surface area contributed by atoms with Crippen molar-refractivity contribution in [3.05, 3.63) is 11.9 Å². The Labute approximate surface area is 90.3 Å². The van der Waals surface area contributed by atoms with Crippen molar-refractivity contribution in [3.63, 3.8) is 0 Å². The van der Waals surface area contributed by atoms with Gasteiger partial charge in [0.05, 0.1) is 17.9 Å². The van der Waals surface area contributed by atoms with Crippen LogP contribution in [0.2, 0.25) is 0 Å². The third-order valence-electron chi connectivity index (χ3n) is 2.59. The molecule has 0 aliphatic heterocycles. The van der Waals surface area contributed by atoms with Crippen LogP contribution in [-0.2, 0) is 10.0 Å². The van der Waals surface area contributed by atoms with Crippen molar-refractivity contribution >= 4 is 10.0 Å². The van der Waals surface area contributed by atoms with E-state index in [1.807, 2.05) is 13.8 Å². The Morgan fingerprint density at radius 2 is 2.00 bits per heavy atom. The molecular weight excluding hydrogens is 214 g/mol. The SMILES string of the molecule is CCC(CC)n1ncc(S(N)(=O)=O)c1C. The summed E-state index contributed by atoms with van der Waals surface area (Å²) >= 11 is 0. The Balaban J connectivity index is 3.20. The molecule has 1 rings (SSSR count). The van der Waals surface area contributed by atoms with Gasteiger partial charge in [-0.2, -0.15) is 5.10 Å². The van der Waals surface area contributed by atoms with Crippen molar-refractivity contribution in [1.29, 1.82) is 0 Å². The Bertz CT molecular complexity index is 432. The minimum Gasteiger partial charge on any atom is -0.265 e. The number of primary sulfonamides is 1. The molecule has 0 spiro atoms. The number of nitrogens with zero attached hydrogens (tertiary/aromatic N) is 2. The second-order valence-corrected chi connectivity index (χ2v) is 5.08. The van der Waals surface area contributed by atoms with Gasteiger partial charge >= 0.3 is 0 Å². The fourth-order valence-electron chi connectivity index (χ4n) is 1.69. The van der Waals surface area contributed by atoms with Crippen LogP contribution in [-0.4, -0.2) is 18.2 Å². The summed E-state index contributed by atoms with van der Waals surface area (Å²) in [5.41, 5.74) is 0.617. The van der Waals surface area contributed by atoms with Crippen LogP contribution in [0.1, 0.15) is 38.4 Å². The summed E-state index contributed by atoms with van der Waals surface area (Å²) < 4.78 is 24.1. The lowest BCUT2D eigenvalue weighted by Crippen LogP contribution is -2.15. The zero-order valence-corrected chi connectivity index (χ0v) is 10.1. The van der Waals surface area contributed by atoms with E-state index in [9.17, 15) is 8.42 Å². The van der Waals surface area contributed by atoms with Crippen LogP contribution >= 0.6 is 0 Å². The van der Waals surface area contributed by atoms with Gasteiger partial charge in [0, 0.05) is 0 Å². The van der Waals surface area contributed by atoms with Crippen molar-refractivity contribution in [2.24, 2.45) is 5.14 Å². The first-order valence-electron chi connectivity index (χ1n) is 4.98. The molecule has 0 radical (unpaired) electrons. The molecule has 86 valence electrons. The lowest BCUT2D eigenvalue weighted by molar-refractivity contribution is 0.419. The van der Waals surface area contributed by atoms with Gasteiger partial charge in [0.2, 0.25) is 10.0 Å². The first-order chi connectivity index (χ1) is 6.91. The molecule has 1 aromatic heterocycles.